The lowest BCUT2D eigenvalue weighted by Gasteiger charge is -2.07. The average molecular weight is 513 g/mol. The Morgan fingerprint density at radius 3 is 1.32 bits per heavy atom. The van der Waals surface area contributed by atoms with Crippen molar-refractivity contribution in [2.45, 2.75) is 25.7 Å². The van der Waals surface area contributed by atoms with Gasteiger partial charge in [0.25, 0.3) is 0 Å². The van der Waals surface area contributed by atoms with Crippen LogP contribution in [0.4, 0.5) is 0 Å². The Balaban J connectivity index is 1.21. The molecule has 0 aromatic heterocycles. The van der Waals surface area contributed by atoms with Gasteiger partial charge in [-0.25, -0.2) is 0 Å². The number of rotatable bonds is 8. The van der Waals surface area contributed by atoms with Gasteiger partial charge >= 0.3 is 0 Å². The molecule has 2 unspecified atom stereocenters. The summed E-state index contributed by atoms with van der Waals surface area (Å²) in [6.45, 7) is 0.858. The van der Waals surface area contributed by atoms with Gasteiger partial charge in [0.1, 0.15) is 0 Å². The number of nitrogens with one attached hydrogen (secondary N) is 2. The topological polar surface area (TPSA) is 144 Å². The Morgan fingerprint density at radius 1 is 0.579 bits per heavy atom. The summed E-state index contributed by atoms with van der Waals surface area (Å²) < 4.78 is 0. The standard InChI is InChI=1S/C29H24N2O7/c32-23(15-5-7-17-19(9-15)26(35)21(24(17)33)28(37)30-11-13-1-2-13)16-6-8-18-20(10-16)27(36)22(25(18)34)29(38)31-12-14-3-4-14/h5-10,13-14,21-22H,1-4,11-12H2,(H,30,37)(H,31,38). The molecule has 192 valence electrons. The van der Waals surface area contributed by atoms with Crippen molar-refractivity contribution in [3.8, 4) is 0 Å². The Kier molecular flexibility index (Phi) is 5.66. The molecular weight excluding hydrogens is 488 g/mol. The largest absolute Gasteiger partial charge is 0.355 e. The van der Waals surface area contributed by atoms with E-state index in [-0.39, 0.29) is 33.4 Å². The second-order valence-electron chi connectivity index (χ2n) is 10.5. The monoisotopic (exact) mass is 512 g/mol. The Hall–Kier alpha value is -4.27. The van der Waals surface area contributed by atoms with Gasteiger partial charge < -0.3 is 10.6 Å². The lowest BCUT2D eigenvalue weighted by atomic mass is 9.96. The van der Waals surface area contributed by atoms with E-state index in [1.54, 1.807) is 0 Å². The molecular formula is C29H24N2O7. The normalized spacial score (nSPS) is 21.8. The maximum Gasteiger partial charge on any atom is 0.238 e. The number of carbonyl (C=O) groups excluding carboxylic acids is 7. The number of hydrogen-bond donors (Lipinski definition) is 2. The first-order valence-electron chi connectivity index (χ1n) is 12.8. The van der Waals surface area contributed by atoms with E-state index in [0.717, 1.165) is 25.7 Å². The van der Waals surface area contributed by atoms with Gasteiger partial charge in [0, 0.05) is 46.5 Å². The second-order valence-corrected chi connectivity index (χ2v) is 10.5. The molecule has 4 aliphatic carbocycles. The van der Waals surface area contributed by atoms with Crippen molar-refractivity contribution < 1.29 is 33.6 Å². The maximum atomic E-state index is 13.3. The number of Topliss-reactive ketones (excluding diaryl/α,β-unsaturated/α-hetero) is 4. The Bertz CT molecular complexity index is 1370. The van der Waals surface area contributed by atoms with Gasteiger partial charge in [0.05, 0.1) is 0 Å². The molecule has 2 aromatic carbocycles. The highest BCUT2D eigenvalue weighted by molar-refractivity contribution is 6.36. The number of amides is 2. The highest BCUT2D eigenvalue weighted by atomic mass is 16.2. The molecule has 2 saturated carbocycles. The van der Waals surface area contributed by atoms with Crippen LogP contribution in [0.5, 0.6) is 0 Å². The maximum absolute atomic E-state index is 13.3. The van der Waals surface area contributed by atoms with Crippen molar-refractivity contribution in [2.24, 2.45) is 23.7 Å². The molecule has 6 rings (SSSR count). The van der Waals surface area contributed by atoms with E-state index in [2.05, 4.69) is 10.6 Å². The summed E-state index contributed by atoms with van der Waals surface area (Å²) in [5.74, 6) is -6.42. The molecule has 0 aliphatic heterocycles. The van der Waals surface area contributed by atoms with Crippen molar-refractivity contribution in [3.63, 3.8) is 0 Å². The minimum atomic E-state index is -1.46. The summed E-state index contributed by atoms with van der Waals surface area (Å²) in [6, 6.07) is 8.09. The van der Waals surface area contributed by atoms with E-state index >= 15 is 0 Å². The molecule has 2 amide bonds. The second kappa shape index (κ2) is 8.93. The van der Waals surface area contributed by atoms with Crippen molar-refractivity contribution in [1.29, 1.82) is 0 Å². The molecule has 2 atom stereocenters. The SMILES string of the molecule is O=C(c1ccc2c(c1)C(=O)C(C(=O)NCC1CC1)C2=O)c1ccc2c(c1)C(=O)C(C(=O)NCC1CC1)C2=O. The molecule has 0 radical (unpaired) electrons. The third-order valence-corrected chi connectivity index (χ3v) is 7.72. The smallest absolute Gasteiger partial charge is 0.238 e. The van der Waals surface area contributed by atoms with E-state index in [1.807, 2.05) is 0 Å². The van der Waals surface area contributed by atoms with Gasteiger partial charge in [-0.1, -0.05) is 12.1 Å². The number of hydrogen-bond acceptors (Lipinski definition) is 7. The van der Waals surface area contributed by atoms with Gasteiger partial charge in [-0.2, -0.15) is 0 Å². The van der Waals surface area contributed by atoms with Gasteiger partial charge in [0.15, 0.2) is 40.8 Å². The number of ketones is 5. The third-order valence-electron chi connectivity index (χ3n) is 7.72. The zero-order valence-electron chi connectivity index (χ0n) is 20.4. The van der Waals surface area contributed by atoms with Gasteiger partial charge in [-0.15, -0.1) is 0 Å². The molecule has 9 nitrogen and oxygen atoms in total. The first-order valence-corrected chi connectivity index (χ1v) is 12.8. The zero-order chi connectivity index (χ0) is 26.7. The minimum Gasteiger partial charge on any atom is -0.355 e. The molecule has 2 N–H and O–H groups in total. The van der Waals surface area contributed by atoms with Gasteiger partial charge in [0.2, 0.25) is 11.8 Å². The van der Waals surface area contributed by atoms with Crippen LogP contribution in [-0.2, 0) is 9.59 Å². The van der Waals surface area contributed by atoms with Crippen LogP contribution < -0.4 is 10.6 Å². The molecule has 0 bridgehead atoms. The summed E-state index contributed by atoms with van der Waals surface area (Å²) in [6.07, 6.45) is 4.04. The summed E-state index contributed by atoms with van der Waals surface area (Å²) in [7, 11) is 0. The fraction of sp³-hybridized carbons (Fsp3) is 0.345. The summed E-state index contributed by atoms with van der Waals surface area (Å²) in [5.41, 5.74) is 0.388. The predicted molar refractivity (Wildman–Crippen MR) is 132 cm³/mol. The van der Waals surface area contributed by atoms with Crippen LogP contribution >= 0.6 is 0 Å². The van der Waals surface area contributed by atoms with E-state index in [4.69, 9.17) is 0 Å². The Morgan fingerprint density at radius 2 is 0.947 bits per heavy atom. The highest BCUT2D eigenvalue weighted by Crippen LogP contribution is 2.33. The van der Waals surface area contributed by atoms with Crippen molar-refractivity contribution in [1.82, 2.24) is 10.6 Å². The van der Waals surface area contributed by atoms with E-state index in [1.165, 1.54) is 36.4 Å². The molecule has 0 spiro atoms. The number of benzene rings is 2. The van der Waals surface area contributed by atoms with Crippen LogP contribution in [0.3, 0.4) is 0 Å². The number of fused-ring (bicyclic) bond motifs is 2. The van der Waals surface area contributed by atoms with Crippen LogP contribution in [0.25, 0.3) is 0 Å². The van der Waals surface area contributed by atoms with Gasteiger partial charge in [-0.3, -0.25) is 33.6 Å². The van der Waals surface area contributed by atoms with Crippen LogP contribution in [0, 0.1) is 23.7 Å². The van der Waals surface area contributed by atoms with E-state index in [0.29, 0.717) is 24.9 Å². The number of carbonyl (C=O) groups is 7. The molecule has 2 fully saturated rings. The minimum absolute atomic E-state index is 0.00670. The zero-order valence-corrected chi connectivity index (χ0v) is 20.4. The lowest BCUT2D eigenvalue weighted by molar-refractivity contribution is -0.123. The molecule has 4 aliphatic rings. The van der Waals surface area contributed by atoms with Crippen LogP contribution in [0.2, 0.25) is 0 Å². The quantitative estimate of drug-likeness (QED) is 0.406. The van der Waals surface area contributed by atoms with Crippen molar-refractivity contribution >= 4 is 40.7 Å². The molecule has 38 heavy (non-hydrogen) atoms. The lowest BCUT2D eigenvalue weighted by Crippen LogP contribution is -2.37. The fourth-order valence-corrected chi connectivity index (χ4v) is 5.05. The molecule has 0 heterocycles. The molecule has 2 aromatic rings. The van der Waals surface area contributed by atoms with Crippen LogP contribution in [0.15, 0.2) is 36.4 Å². The highest BCUT2D eigenvalue weighted by Gasteiger charge is 2.45. The van der Waals surface area contributed by atoms with Crippen LogP contribution in [-0.4, -0.2) is 53.8 Å². The average Bonchev–Trinajstić information content (AvgIpc) is 3.84. The van der Waals surface area contributed by atoms with Crippen molar-refractivity contribution in [2.75, 3.05) is 13.1 Å². The third kappa shape index (κ3) is 4.08. The molecule has 9 heteroatoms. The first kappa shape index (κ1) is 24.1. The predicted octanol–water partition coefficient (Wildman–Crippen LogP) is 1.96. The van der Waals surface area contributed by atoms with E-state index in [9.17, 15) is 33.6 Å². The van der Waals surface area contributed by atoms with Gasteiger partial charge in [-0.05, 0) is 61.8 Å². The summed E-state index contributed by atoms with van der Waals surface area (Å²) in [5, 5.41) is 5.34. The van der Waals surface area contributed by atoms with E-state index < -0.39 is 52.6 Å². The van der Waals surface area contributed by atoms with Crippen LogP contribution in [0.1, 0.15) is 83.0 Å². The summed E-state index contributed by atoms with van der Waals surface area (Å²) >= 11 is 0. The summed E-state index contributed by atoms with van der Waals surface area (Å²) in [4.78, 5) is 89.7. The first-order chi connectivity index (χ1) is 18.2. The molecule has 0 saturated heterocycles. The Labute approximate surface area is 217 Å². The fourth-order valence-electron chi connectivity index (χ4n) is 5.05. The van der Waals surface area contributed by atoms with Crippen molar-refractivity contribution in [3.05, 3.63) is 69.8 Å².